The molecule has 5 heteroatoms. The molecule has 0 radical (unpaired) electrons. The number of carboxylic acid groups (broad SMARTS) is 1. The van der Waals surface area contributed by atoms with Gasteiger partial charge in [0.1, 0.15) is 0 Å². The van der Waals surface area contributed by atoms with Gasteiger partial charge >= 0.3 is 5.97 Å². The fourth-order valence-corrected chi connectivity index (χ4v) is 2.54. The van der Waals surface area contributed by atoms with E-state index in [0.29, 0.717) is 14.2 Å². The van der Waals surface area contributed by atoms with Crippen LogP contribution in [0.3, 0.4) is 0 Å². The van der Waals surface area contributed by atoms with Crippen LogP contribution in [0.15, 0.2) is 10.5 Å². The molecule has 13 heavy (non-hydrogen) atoms. The average Bonchev–Trinajstić information content (AvgIpc) is 2.31. The summed E-state index contributed by atoms with van der Waals surface area (Å²) >= 11 is 4.43. The minimum Gasteiger partial charge on any atom is -0.481 e. The topological polar surface area (TPSA) is 54.4 Å². The SMILES string of the molecule is CC(=O)c1cc(Br)c(CC(=O)O)s1. The van der Waals surface area contributed by atoms with Gasteiger partial charge in [-0.25, -0.2) is 0 Å². The van der Waals surface area contributed by atoms with E-state index in [1.807, 2.05) is 0 Å². The number of hydrogen-bond donors (Lipinski definition) is 1. The molecule has 1 aromatic heterocycles. The van der Waals surface area contributed by atoms with Crippen LogP contribution in [0.1, 0.15) is 21.5 Å². The first-order valence-corrected chi connectivity index (χ1v) is 5.12. The smallest absolute Gasteiger partial charge is 0.308 e. The summed E-state index contributed by atoms with van der Waals surface area (Å²) in [4.78, 5) is 22.6. The lowest BCUT2D eigenvalue weighted by Gasteiger charge is -1.90. The highest BCUT2D eigenvalue weighted by Gasteiger charge is 2.12. The molecule has 0 aliphatic rings. The van der Waals surface area contributed by atoms with Crippen molar-refractivity contribution in [2.75, 3.05) is 0 Å². The van der Waals surface area contributed by atoms with Gasteiger partial charge < -0.3 is 5.11 Å². The molecule has 0 spiro atoms. The standard InChI is InChI=1S/C8H7BrO3S/c1-4(10)6-2-5(9)7(13-6)3-8(11)12/h2H,3H2,1H3,(H,11,12). The van der Waals surface area contributed by atoms with Crippen molar-refractivity contribution in [2.24, 2.45) is 0 Å². The van der Waals surface area contributed by atoms with Gasteiger partial charge in [-0.3, -0.25) is 9.59 Å². The van der Waals surface area contributed by atoms with Crippen LogP contribution in [0.25, 0.3) is 0 Å². The van der Waals surface area contributed by atoms with E-state index >= 15 is 0 Å². The van der Waals surface area contributed by atoms with Crippen molar-refractivity contribution >= 4 is 39.0 Å². The van der Waals surface area contributed by atoms with Gasteiger partial charge in [-0.1, -0.05) is 0 Å². The minimum atomic E-state index is -0.891. The Morgan fingerprint density at radius 1 is 1.62 bits per heavy atom. The molecule has 1 rings (SSSR count). The second-order valence-electron chi connectivity index (χ2n) is 2.51. The van der Waals surface area contributed by atoms with Gasteiger partial charge in [0.25, 0.3) is 0 Å². The van der Waals surface area contributed by atoms with Crippen molar-refractivity contribution in [3.8, 4) is 0 Å². The zero-order valence-electron chi connectivity index (χ0n) is 6.83. The molecule has 0 fully saturated rings. The minimum absolute atomic E-state index is 0.0395. The highest BCUT2D eigenvalue weighted by atomic mass is 79.9. The van der Waals surface area contributed by atoms with E-state index in [1.165, 1.54) is 18.3 Å². The van der Waals surface area contributed by atoms with E-state index < -0.39 is 5.97 Å². The molecule has 1 aromatic rings. The van der Waals surface area contributed by atoms with Gasteiger partial charge in [0, 0.05) is 9.35 Å². The molecule has 0 unspecified atom stereocenters. The molecule has 70 valence electrons. The van der Waals surface area contributed by atoms with Crippen LogP contribution in [0, 0.1) is 0 Å². The molecule has 1 heterocycles. The van der Waals surface area contributed by atoms with Crippen LogP contribution in [-0.4, -0.2) is 16.9 Å². The largest absolute Gasteiger partial charge is 0.481 e. The second-order valence-corrected chi connectivity index (χ2v) is 4.50. The fourth-order valence-electron chi connectivity index (χ4n) is 0.838. The van der Waals surface area contributed by atoms with Crippen molar-refractivity contribution in [3.63, 3.8) is 0 Å². The molecule has 3 nitrogen and oxygen atoms in total. The lowest BCUT2D eigenvalue weighted by atomic mass is 10.3. The zero-order chi connectivity index (χ0) is 10.0. The van der Waals surface area contributed by atoms with E-state index in [4.69, 9.17) is 5.11 Å². The van der Waals surface area contributed by atoms with Crippen LogP contribution in [0.5, 0.6) is 0 Å². The summed E-state index contributed by atoms with van der Waals surface area (Å²) in [5.41, 5.74) is 0. The first-order chi connectivity index (χ1) is 6.00. The van der Waals surface area contributed by atoms with Crippen molar-refractivity contribution in [1.82, 2.24) is 0 Å². The monoisotopic (exact) mass is 262 g/mol. The summed E-state index contributed by atoms with van der Waals surface area (Å²) in [5, 5.41) is 8.54. The Bertz CT molecular complexity index is 356. The predicted molar refractivity (Wildman–Crippen MR) is 53.4 cm³/mol. The molecule has 0 atom stereocenters. The van der Waals surface area contributed by atoms with Gasteiger partial charge in [-0.15, -0.1) is 11.3 Å². The van der Waals surface area contributed by atoms with Gasteiger partial charge in [0.2, 0.25) is 0 Å². The van der Waals surface area contributed by atoms with Crippen molar-refractivity contribution in [2.45, 2.75) is 13.3 Å². The number of carbonyl (C=O) groups excluding carboxylic acids is 1. The molecule has 0 saturated carbocycles. The van der Waals surface area contributed by atoms with Crippen LogP contribution < -0.4 is 0 Å². The van der Waals surface area contributed by atoms with E-state index in [9.17, 15) is 9.59 Å². The Balaban J connectivity index is 2.96. The third-order valence-corrected chi connectivity index (χ3v) is 3.62. The third-order valence-electron chi connectivity index (χ3n) is 1.42. The van der Waals surface area contributed by atoms with Crippen LogP contribution >= 0.6 is 27.3 Å². The number of ketones is 1. The molecular weight excluding hydrogens is 256 g/mol. The van der Waals surface area contributed by atoms with E-state index in [0.717, 1.165) is 0 Å². The van der Waals surface area contributed by atoms with Gasteiger partial charge in [0.15, 0.2) is 5.78 Å². The Labute approximate surface area is 87.5 Å². The average molecular weight is 263 g/mol. The molecule has 1 N–H and O–H groups in total. The van der Waals surface area contributed by atoms with E-state index in [1.54, 1.807) is 6.07 Å². The zero-order valence-corrected chi connectivity index (χ0v) is 9.24. The highest BCUT2D eigenvalue weighted by Crippen LogP contribution is 2.28. The Kier molecular flexibility index (Phi) is 3.22. The number of Topliss-reactive ketones (excluding diaryl/α,β-unsaturated/α-hetero) is 1. The van der Waals surface area contributed by atoms with Crippen LogP contribution in [0.4, 0.5) is 0 Å². The van der Waals surface area contributed by atoms with Crippen molar-refractivity contribution in [1.29, 1.82) is 0 Å². The second kappa shape index (κ2) is 4.02. The maximum absolute atomic E-state index is 10.9. The predicted octanol–water partition coefficient (Wildman–Crippen LogP) is 2.34. The molecular formula is C8H7BrO3S. The fraction of sp³-hybridized carbons (Fsp3) is 0.250. The first-order valence-electron chi connectivity index (χ1n) is 3.51. The number of halogens is 1. The molecule has 0 saturated heterocycles. The molecule has 0 aliphatic heterocycles. The highest BCUT2D eigenvalue weighted by molar-refractivity contribution is 9.10. The lowest BCUT2D eigenvalue weighted by molar-refractivity contribution is -0.136. The van der Waals surface area contributed by atoms with E-state index in [2.05, 4.69) is 15.9 Å². The lowest BCUT2D eigenvalue weighted by Crippen LogP contribution is -1.97. The summed E-state index contributed by atoms with van der Waals surface area (Å²) in [5.74, 6) is -0.931. The third kappa shape index (κ3) is 2.63. The van der Waals surface area contributed by atoms with Gasteiger partial charge in [-0.2, -0.15) is 0 Å². The number of hydrogen-bond acceptors (Lipinski definition) is 3. The van der Waals surface area contributed by atoms with Crippen molar-refractivity contribution in [3.05, 3.63) is 20.3 Å². The van der Waals surface area contributed by atoms with Gasteiger partial charge in [-0.05, 0) is 28.9 Å². The van der Waals surface area contributed by atoms with Gasteiger partial charge in [0.05, 0.1) is 11.3 Å². The summed E-state index contributed by atoms with van der Waals surface area (Å²) < 4.78 is 0.699. The number of rotatable bonds is 3. The molecule has 0 aromatic carbocycles. The Hall–Kier alpha value is -0.680. The Morgan fingerprint density at radius 3 is 2.62 bits per heavy atom. The van der Waals surface area contributed by atoms with E-state index in [-0.39, 0.29) is 12.2 Å². The number of carbonyl (C=O) groups is 2. The summed E-state index contributed by atoms with van der Waals surface area (Å²) in [6.07, 6.45) is -0.0431. The summed E-state index contributed by atoms with van der Waals surface area (Å²) in [6.45, 7) is 1.46. The first kappa shape index (κ1) is 10.4. The summed E-state index contributed by atoms with van der Waals surface area (Å²) in [6, 6.07) is 1.66. The quantitative estimate of drug-likeness (QED) is 0.851. The van der Waals surface area contributed by atoms with Crippen molar-refractivity contribution < 1.29 is 14.7 Å². The number of carboxylic acids is 1. The van der Waals surface area contributed by atoms with Crippen LogP contribution in [0.2, 0.25) is 0 Å². The molecule has 0 amide bonds. The molecule has 0 aliphatic carbocycles. The Morgan fingerprint density at radius 2 is 2.23 bits per heavy atom. The number of aliphatic carboxylic acids is 1. The normalized spacial score (nSPS) is 10.0. The maximum atomic E-state index is 10.9. The molecule has 0 bridgehead atoms. The number of thiophene rings is 1. The van der Waals surface area contributed by atoms with Crippen LogP contribution in [-0.2, 0) is 11.2 Å². The summed E-state index contributed by atoms with van der Waals surface area (Å²) in [7, 11) is 0. The maximum Gasteiger partial charge on any atom is 0.308 e.